The first-order valence-electron chi connectivity index (χ1n) is 5.14. The summed E-state index contributed by atoms with van der Waals surface area (Å²) in [4.78, 5) is 14.1. The molecule has 0 saturated heterocycles. The summed E-state index contributed by atoms with van der Waals surface area (Å²) < 4.78 is 0.634. The van der Waals surface area contributed by atoms with E-state index in [4.69, 9.17) is 0 Å². The zero-order valence-corrected chi connectivity index (χ0v) is 10.4. The number of nitro groups is 1. The molecular formula is C10H12BrN3O2. The van der Waals surface area contributed by atoms with Crippen molar-refractivity contribution in [3.05, 3.63) is 26.9 Å². The fourth-order valence-electron chi connectivity index (χ4n) is 1.56. The van der Waals surface area contributed by atoms with Crippen LogP contribution in [0.1, 0.15) is 19.8 Å². The van der Waals surface area contributed by atoms with Gasteiger partial charge in [0.1, 0.15) is 12.0 Å². The maximum absolute atomic E-state index is 10.5. The van der Waals surface area contributed by atoms with Gasteiger partial charge in [0.05, 0.1) is 9.40 Å². The van der Waals surface area contributed by atoms with Gasteiger partial charge in [-0.3, -0.25) is 10.1 Å². The molecule has 5 nitrogen and oxygen atoms in total. The average Bonchev–Trinajstić information content (AvgIpc) is 3.03. The molecule has 1 aliphatic rings. The largest absolute Gasteiger partial charge is 0.366 e. The predicted molar refractivity (Wildman–Crippen MR) is 64.4 cm³/mol. The number of pyridine rings is 1. The third-order valence-electron chi connectivity index (χ3n) is 2.73. The number of nitrogens with one attached hydrogen (secondary N) is 1. The van der Waals surface area contributed by atoms with E-state index in [-0.39, 0.29) is 5.69 Å². The Balaban J connectivity index is 2.12. The SMILES string of the molecule is CC(Nc1ncc([N+](=O)[O-])cc1Br)C1CC1. The third kappa shape index (κ3) is 2.49. The van der Waals surface area contributed by atoms with E-state index in [2.05, 4.69) is 33.2 Å². The Hall–Kier alpha value is -1.17. The van der Waals surface area contributed by atoms with Gasteiger partial charge in [-0.15, -0.1) is 0 Å². The van der Waals surface area contributed by atoms with Gasteiger partial charge in [-0.25, -0.2) is 4.98 Å². The van der Waals surface area contributed by atoms with E-state index in [0.717, 1.165) is 0 Å². The third-order valence-corrected chi connectivity index (χ3v) is 3.34. The lowest BCUT2D eigenvalue weighted by molar-refractivity contribution is -0.385. The van der Waals surface area contributed by atoms with Crippen LogP contribution in [-0.4, -0.2) is 15.9 Å². The van der Waals surface area contributed by atoms with Crippen molar-refractivity contribution < 1.29 is 4.92 Å². The van der Waals surface area contributed by atoms with Gasteiger partial charge in [0.15, 0.2) is 0 Å². The number of aromatic nitrogens is 1. The summed E-state index contributed by atoms with van der Waals surface area (Å²) in [5, 5.41) is 13.8. The van der Waals surface area contributed by atoms with Gasteiger partial charge in [0.2, 0.25) is 0 Å². The summed E-state index contributed by atoms with van der Waals surface area (Å²) >= 11 is 3.28. The van der Waals surface area contributed by atoms with Gasteiger partial charge in [-0.05, 0) is 41.6 Å². The predicted octanol–water partition coefficient (Wildman–Crippen LogP) is 2.96. The highest BCUT2D eigenvalue weighted by molar-refractivity contribution is 9.10. The summed E-state index contributed by atoms with van der Waals surface area (Å²) in [6, 6.07) is 1.83. The standard InChI is InChI=1S/C10H12BrN3O2/c1-6(7-2-3-7)13-10-9(11)4-8(5-12-10)14(15)16/h4-7H,2-3H2,1H3,(H,12,13). The molecule has 1 aromatic heterocycles. The van der Waals surface area contributed by atoms with Crippen LogP contribution < -0.4 is 5.32 Å². The highest BCUT2D eigenvalue weighted by Gasteiger charge is 2.28. The molecule has 2 rings (SSSR count). The van der Waals surface area contributed by atoms with Crippen molar-refractivity contribution >= 4 is 27.4 Å². The molecule has 1 aromatic rings. The molecule has 1 unspecified atom stereocenters. The lowest BCUT2D eigenvalue weighted by atomic mass is 10.2. The molecule has 0 radical (unpaired) electrons. The minimum atomic E-state index is -0.453. The van der Waals surface area contributed by atoms with E-state index < -0.39 is 4.92 Å². The second kappa shape index (κ2) is 4.37. The maximum atomic E-state index is 10.5. The van der Waals surface area contributed by atoms with Crippen molar-refractivity contribution in [1.82, 2.24) is 4.98 Å². The topological polar surface area (TPSA) is 68.1 Å². The van der Waals surface area contributed by atoms with E-state index in [1.165, 1.54) is 25.1 Å². The number of hydrogen-bond acceptors (Lipinski definition) is 4. The van der Waals surface area contributed by atoms with Gasteiger partial charge in [-0.2, -0.15) is 0 Å². The maximum Gasteiger partial charge on any atom is 0.288 e. The molecule has 0 amide bonds. The van der Waals surface area contributed by atoms with Crippen LogP contribution in [0.15, 0.2) is 16.7 Å². The fourth-order valence-corrected chi connectivity index (χ4v) is 2.01. The van der Waals surface area contributed by atoms with Crippen LogP contribution >= 0.6 is 15.9 Å². The number of rotatable bonds is 4. The Morgan fingerprint density at radius 1 is 1.69 bits per heavy atom. The van der Waals surface area contributed by atoms with Gasteiger partial charge in [-0.1, -0.05) is 0 Å². The van der Waals surface area contributed by atoms with Gasteiger partial charge in [0.25, 0.3) is 5.69 Å². The van der Waals surface area contributed by atoms with Crippen LogP contribution in [0.3, 0.4) is 0 Å². The van der Waals surface area contributed by atoms with Gasteiger partial charge >= 0.3 is 0 Å². The smallest absolute Gasteiger partial charge is 0.288 e. The summed E-state index contributed by atoms with van der Waals surface area (Å²) in [6.45, 7) is 2.10. The van der Waals surface area contributed by atoms with E-state index in [9.17, 15) is 10.1 Å². The minimum absolute atomic E-state index is 0.00324. The fraction of sp³-hybridized carbons (Fsp3) is 0.500. The van der Waals surface area contributed by atoms with Crippen LogP contribution in [0.4, 0.5) is 11.5 Å². The second-order valence-corrected chi connectivity index (χ2v) is 4.91. The number of hydrogen-bond donors (Lipinski definition) is 1. The van der Waals surface area contributed by atoms with Crippen molar-refractivity contribution in [2.24, 2.45) is 5.92 Å². The van der Waals surface area contributed by atoms with Crippen LogP contribution in [-0.2, 0) is 0 Å². The molecule has 0 aliphatic heterocycles. The Morgan fingerprint density at radius 3 is 2.88 bits per heavy atom. The van der Waals surface area contributed by atoms with Crippen LogP contribution in [0.25, 0.3) is 0 Å². The van der Waals surface area contributed by atoms with Crippen LogP contribution in [0, 0.1) is 16.0 Å². The lowest BCUT2D eigenvalue weighted by Crippen LogP contribution is -2.18. The van der Waals surface area contributed by atoms with E-state index >= 15 is 0 Å². The molecule has 0 aromatic carbocycles. The molecule has 0 bridgehead atoms. The first-order chi connectivity index (χ1) is 7.58. The Bertz CT molecular complexity index is 421. The zero-order chi connectivity index (χ0) is 11.7. The second-order valence-electron chi connectivity index (χ2n) is 4.05. The Kier molecular flexibility index (Phi) is 3.09. The normalized spacial score (nSPS) is 16.9. The lowest BCUT2D eigenvalue weighted by Gasteiger charge is -2.14. The average molecular weight is 286 g/mol. The summed E-state index contributed by atoms with van der Waals surface area (Å²) in [6.07, 6.45) is 3.77. The van der Waals surface area contributed by atoms with Crippen molar-refractivity contribution in [3.63, 3.8) is 0 Å². The Morgan fingerprint density at radius 2 is 2.38 bits per heavy atom. The monoisotopic (exact) mass is 285 g/mol. The molecule has 1 heterocycles. The van der Waals surface area contributed by atoms with Crippen LogP contribution in [0.5, 0.6) is 0 Å². The molecule has 6 heteroatoms. The molecule has 1 N–H and O–H groups in total. The molecule has 1 fully saturated rings. The summed E-state index contributed by atoms with van der Waals surface area (Å²) in [5.74, 6) is 1.38. The molecule has 1 saturated carbocycles. The van der Waals surface area contributed by atoms with E-state index in [1.807, 2.05) is 0 Å². The summed E-state index contributed by atoms with van der Waals surface area (Å²) in [7, 11) is 0. The van der Waals surface area contributed by atoms with Gasteiger partial charge in [0, 0.05) is 12.1 Å². The number of halogens is 1. The minimum Gasteiger partial charge on any atom is -0.366 e. The van der Waals surface area contributed by atoms with Gasteiger partial charge < -0.3 is 5.32 Å². The molecule has 0 spiro atoms. The molecule has 86 valence electrons. The first-order valence-corrected chi connectivity index (χ1v) is 5.93. The van der Waals surface area contributed by atoms with Crippen molar-refractivity contribution in [2.45, 2.75) is 25.8 Å². The van der Waals surface area contributed by atoms with Crippen molar-refractivity contribution in [2.75, 3.05) is 5.32 Å². The number of anilines is 1. The molecular weight excluding hydrogens is 274 g/mol. The molecule has 16 heavy (non-hydrogen) atoms. The molecule has 1 atom stereocenters. The van der Waals surface area contributed by atoms with E-state index in [0.29, 0.717) is 22.3 Å². The Labute approximate surface area is 102 Å². The highest BCUT2D eigenvalue weighted by atomic mass is 79.9. The molecule has 1 aliphatic carbocycles. The van der Waals surface area contributed by atoms with Crippen LogP contribution in [0.2, 0.25) is 0 Å². The van der Waals surface area contributed by atoms with Crippen molar-refractivity contribution in [3.8, 4) is 0 Å². The summed E-state index contributed by atoms with van der Waals surface area (Å²) in [5.41, 5.74) is -0.00324. The first kappa shape index (κ1) is 11.3. The zero-order valence-electron chi connectivity index (χ0n) is 8.81. The quantitative estimate of drug-likeness (QED) is 0.682. The highest BCUT2D eigenvalue weighted by Crippen LogP contribution is 2.35. The number of nitrogens with zero attached hydrogens (tertiary/aromatic N) is 2. The van der Waals surface area contributed by atoms with E-state index in [1.54, 1.807) is 0 Å². The van der Waals surface area contributed by atoms with Crippen molar-refractivity contribution in [1.29, 1.82) is 0 Å².